The zero-order valence-electron chi connectivity index (χ0n) is 12.1. The molecule has 0 rings (SSSR count). The molecule has 1 N–H and O–H groups in total. The molecule has 1 unspecified atom stereocenters. The van der Waals surface area contributed by atoms with E-state index in [1.807, 2.05) is 0 Å². The second kappa shape index (κ2) is 9.42. The van der Waals surface area contributed by atoms with E-state index in [0.717, 1.165) is 26.1 Å². The topological polar surface area (TPSA) is 35.6 Å². The Bertz CT molecular complexity index is 207. The smallest absolute Gasteiger partial charge is 0.222 e. The molecule has 0 radical (unpaired) electrons. The van der Waals surface area contributed by atoms with Gasteiger partial charge in [-0.15, -0.1) is 0 Å². The van der Waals surface area contributed by atoms with Crippen LogP contribution in [0.25, 0.3) is 0 Å². The Morgan fingerprint density at radius 3 is 2.41 bits per heavy atom. The third kappa shape index (κ3) is 8.16. The molecule has 17 heavy (non-hydrogen) atoms. The van der Waals surface area contributed by atoms with Crippen LogP contribution >= 0.6 is 0 Å². The molecular weight excluding hydrogens is 214 g/mol. The van der Waals surface area contributed by atoms with Gasteiger partial charge < -0.3 is 15.1 Å². The second-order valence-corrected chi connectivity index (χ2v) is 4.88. The number of hydrogen-bond acceptors (Lipinski definition) is 3. The molecule has 0 fully saturated rings. The van der Waals surface area contributed by atoms with Crippen molar-refractivity contribution in [2.75, 3.05) is 40.8 Å². The number of nitrogens with zero attached hydrogens (tertiary/aromatic N) is 2. The molecule has 4 nitrogen and oxygen atoms in total. The van der Waals surface area contributed by atoms with E-state index in [4.69, 9.17) is 0 Å². The molecule has 0 aromatic carbocycles. The van der Waals surface area contributed by atoms with E-state index in [0.29, 0.717) is 12.5 Å². The Balaban J connectivity index is 3.38. The van der Waals surface area contributed by atoms with Crippen molar-refractivity contribution in [3.8, 4) is 0 Å². The summed E-state index contributed by atoms with van der Waals surface area (Å²) in [6, 6.07) is 0.645. The Morgan fingerprint density at radius 2 is 1.88 bits per heavy atom. The number of nitrogens with one attached hydrogen (secondary N) is 1. The van der Waals surface area contributed by atoms with Gasteiger partial charge in [-0.25, -0.2) is 0 Å². The zero-order chi connectivity index (χ0) is 13.3. The third-order valence-electron chi connectivity index (χ3n) is 3.23. The van der Waals surface area contributed by atoms with E-state index >= 15 is 0 Å². The first-order valence-electron chi connectivity index (χ1n) is 6.60. The van der Waals surface area contributed by atoms with Crippen LogP contribution in [0.3, 0.4) is 0 Å². The molecule has 0 aliphatic heterocycles. The summed E-state index contributed by atoms with van der Waals surface area (Å²) < 4.78 is 0. The van der Waals surface area contributed by atoms with Crippen LogP contribution in [0.2, 0.25) is 0 Å². The van der Waals surface area contributed by atoms with Gasteiger partial charge in [-0.3, -0.25) is 4.79 Å². The maximum atomic E-state index is 11.3. The first kappa shape index (κ1) is 16.4. The summed E-state index contributed by atoms with van der Waals surface area (Å²) in [5, 5.41) is 3.38. The molecule has 0 aliphatic rings. The fraction of sp³-hybridized carbons (Fsp3) is 0.923. The SMILES string of the molecule is CCC(C)N(C)CCNCCCC(=O)N(C)C. The number of carbonyl (C=O) groups excluding carboxylic acids is 1. The Morgan fingerprint density at radius 1 is 1.24 bits per heavy atom. The molecular formula is C13H29N3O. The van der Waals surface area contributed by atoms with E-state index in [1.54, 1.807) is 19.0 Å². The fourth-order valence-electron chi connectivity index (χ4n) is 1.50. The Labute approximate surface area is 106 Å². The van der Waals surface area contributed by atoms with Gasteiger partial charge in [-0.2, -0.15) is 0 Å². The molecule has 0 aromatic rings. The van der Waals surface area contributed by atoms with Crippen molar-refractivity contribution in [1.82, 2.24) is 15.1 Å². The Kier molecular flexibility index (Phi) is 9.09. The second-order valence-electron chi connectivity index (χ2n) is 4.88. The maximum Gasteiger partial charge on any atom is 0.222 e. The lowest BCUT2D eigenvalue weighted by Gasteiger charge is -2.23. The lowest BCUT2D eigenvalue weighted by atomic mass is 10.2. The number of likely N-dealkylation sites (N-methyl/N-ethyl adjacent to an activating group) is 1. The van der Waals surface area contributed by atoms with Crippen molar-refractivity contribution in [2.45, 2.75) is 39.2 Å². The molecule has 0 spiro atoms. The van der Waals surface area contributed by atoms with Gasteiger partial charge in [0.1, 0.15) is 0 Å². The predicted octanol–water partition coefficient (Wildman–Crippen LogP) is 1.17. The van der Waals surface area contributed by atoms with Crippen LogP contribution in [0.4, 0.5) is 0 Å². The fourth-order valence-corrected chi connectivity index (χ4v) is 1.50. The first-order chi connectivity index (χ1) is 7.99. The van der Waals surface area contributed by atoms with E-state index in [2.05, 4.69) is 31.1 Å². The van der Waals surface area contributed by atoms with Gasteiger partial charge in [-0.1, -0.05) is 6.92 Å². The lowest BCUT2D eigenvalue weighted by Crippen LogP contribution is -2.35. The van der Waals surface area contributed by atoms with E-state index in [9.17, 15) is 4.79 Å². The highest BCUT2D eigenvalue weighted by atomic mass is 16.2. The maximum absolute atomic E-state index is 11.3. The van der Waals surface area contributed by atoms with Crippen molar-refractivity contribution in [3.63, 3.8) is 0 Å². The van der Waals surface area contributed by atoms with Crippen LogP contribution in [0.15, 0.2) is 0 Å². The number of amides is 1. The quantitative estimate of drug-likeness (QED) is 0.618. The molecule has 0 aromatic heterocycles. The summed E-state index contributed by atoms with van der Waals surface area (Å²) in [6.07, 6.45) is 2.75. The third-order valence-corrected chi connectivity index (χ3v) is 3.23. The summed E-state index contributed by atoms with van der Waals surface area (Å²) in [5.74, 6) is 0.212. The summed E-state index contributed by atoms with van der Waals surface area (Å²) in [4.78, 5) is 15.3. The molecule has 0 saturated heterocycles. The van der Waals surface area contributed by atoms with Crippen LogP contribution in [-0.4, -0.2) is 62.5 Å². The van der Waals surface area contributed by atoms with Gasteiger partial charge in [0, 0.05) is 39.6 Å². The van der Waals surface area contributed by atoms with Gasteiger partial charge in [0.2, 0.25) is 5.91 Å². The average molecular weight is 243 g/mol. The van der Waals surface area contributed by atoms with Crippen LogP contribution in [-0.2, 0) is 4.79 Å². The van der Waals surface area contributed by atoms with Gasteiger partial charge in [-0.05, 0) is 33.4 Å². The van der Waals surface area contributed by atoms with Gasteiger partial charge in [0.25, 0.3) is 0 Å². The minimum absolute atomic E-state index is 0.212. The minimum atomic E-state index is 0.212. The van der Waals surface area contributed by atoms with Crippen LogP contribution in [0.1, 0.15) is 33.1 Å². The van der Waals surface area contributed by atoms with E-state index in [1.165, 1.54) is 6.42 Å². The highest BCUT2D eigenvalue weighted by Gasteiger charge is 2.05. The van der Waals surface area contributed by atoms with Gasteiger partial charge >= 0.3 is 0 Å². The average Bonchev–Trinajstić information content (AvgIpc) is 2.31. The molecule has 1 amide bonds. The van der Waals surface area contributed by atoms with Crippen LogP contribution in [0.5, 0.6) is 0 Å². The van der Waals surface area contributed by atoms with Crippen LogP contribution in [0, 0.1) is 0 Å². The Hall–Kier alpha value is -0.610. The molecule has 0 bridgehead atoms. The highest BCUT2D eigenvalue weighted by Crippen LogP contribution is 1.98. The van der Waals surface area contributed by atoms with Gasteiger partial charge in [0.15, 0.2) is 0 Å². The van der Waals surface area contributed by atoms with E-state index in [-0.39, 0.29) is 5.91 Å². The van der Waals surface area contributed by atoms with Crippen molar-refractivity contribution < 1.29 is 4.79 Å². The normalized spacial score (nSPS) is 12.8. The number of hydrogen-bond donors (Lipinski definition) is 1. The number of rotatable bonds is 9. The zero-order valence-corrected chi connectivity index (χ0v) is 12.1. The molecule has 0 aliphatic carbocycles. The van der Waals surface area contributed by atoms with Gasteiger partial charge in [0.05, 0.1) is 0 Å². The first-order valence-corrected chi connectivity index (χ1v) is 6.60. The molecule has 102 valence electrons. The summed E-state index contributed by atoms with van der Waals surface area (Å²) in [5.41, 5.74) is 0. The predicted molar refractivity (Wildman–Crippen MR) is 73.2 cm³/mol. The summed E-state index contributed by atoms with van der Waals surface area (Å²) in [6.45, 7) is 7.44. The standard InChI is InChI=1S/C13H29N3O/c1-6-12(2)16(5)11-10-14-9-7-8-13(17)15(3)4/h12,14H,6-11H2,1-5H3. The molecule has 0 heterocycles. The summed E-state index contributed by atoms with van der Waals surface area (Å²) >= 11 is 0. The van der Waals surface area contributed by atoms with Crippen molar-refractivity contribution in [2.24, 2.45) is 0 Å². The lowest BCUT2D eigenvalue weighted by molar-refractivity contribution is -0.128. The monoisotopic (exact) mass is 243 g/mol. The van der Waals surface area contributed by atoms with Crippen molar-refractivity contribution in [3.05, 3.63) is 0 Å². The summed E-state index contributed by atoms with van der Waals surface area (Å²) in [7, 11) is 5.76. The molecule has 0 saturated carbocycles. The van der Waals surface area contributed by atoms with Crippen molar-refractivity contribution >= 4 is 5.91 Å². The molecule has 4 heteroatoms. The largest absolute Gasteiger partial charge is 0.349 e. The molecule has 1 atom stereocenters. The van der Waals surface area contributed by atoms with Crippen LogP contribution < -0.4 is 5.32 Å². The minimum Gasteiger partial charge on any atom is -0.349 e. The van der Waals surface area contributed by atoms with Crippen molar-refractivity contribution in [1.29, 1.82) is 0 Å². The van der Waals surface area contributed by atoms with E-state index < -0.39 is 0 Å². The highest BCUT2D eigenvalue weighted by molar-refractivity contribution is 5.75. The number of carbonyl (C=O) groups is 1.